The Morgan fingerprint density at radius 2 is 1.83 bits per heavy atom. The normalized spacial score (nSPS) is 17.4. The van der Waals surface area contributed by atoms with Crippen molar-refractivity contribution in [2.45, 2.75) is 52.4 Å². The third-order valence-electron chi connectivity index (χ3n) is 3.93. The molecule has 1 saturated heterocycles. The van der Waals surface area contributed by atoms with E-state index in [4.69, 9.17) is 12.2 Å². The number of hydrogen-bond acceptors (Lipinski definition) is 3. The fraction of sp³-hybridized carbons (Fsp3) is 0.474. The van der Waals surface area contributed by atoms with E-state index in [1.54, 1.807) is 4.90 Å². The SMILES string of the molecule is CCCCCN1C(=O)/C(=C\c2ccc(C(C)(C)C)cc2)SC1=S. The number of benzene rings is 1. The second kappa shape index (κ2) is 7.63. The van der Waals surface area contributed by atoms with Crippen LogP contribution in [-0.2, 0) is 10.2 Å². The summed E-state index contributed by atoms with van der Waals surface area (Å²) in [5.41, 5.74) is 2.48. The summed E-state index contributed by atoms with van der Waals surface area (Å²) in [6, 6.07) is 8.41. The highest BCUT2D eigenvalue weighted by molar-refractivity contribution is 8.26. The second-order valence-corrected chi connectivity index (χ2v) is 8.59. The van der Waals surface area contributed by atoms with Gasteiger partial charge in [0.25, 0.3) is 5.91 Å². The molecule has 0 N–H and O–H groups in total. The van der Waals surface area contributed by atoms with Crippen LogP contribution in [-0.4, -0.2) is 21.7 Å². The van der Waals surface area contributed by atoms with E-state index in [1.807, 2.05) is 6.08 Å². The third-order valence-corrected chi connectivity index (χ3v) is 5.31. The average molecular weight is 348 g/mol. The molecule has 0 spiro atoms. The first-order valence-electron chi connectivity index (χ1n) is 8.19. The quantitative estimate of drug-likeness (QED) is 0.405. The van der Waals surface area contributed by atoms with Gasteiger partial charge in [0.05, 0.1) is 4.91 Å². The fourth-order valence-electron chi connectivity index (χ4n) is 2.44. The number of thiocarbonyl (C=S) groups is 1. The van der Waals surface area contributed by atoms with Crippen molar-refractivity contribution >= 4 is 40.3 Å². The molecule has 1 aromatic carbocycles. The van der Waals surface area contributed by atoms with Crippen LogP contribution in [0.4, 0.5) is 0 Å². The van der Waals surface area contributed by atoms with Gasteiger partial charge in [-0.05, 0) is 29.0 Å². The molecule has 0 aromatic heterocycles. The standard InChI is InChI=1S/C19H25NOS2/c1-5-6-7-12-20-17(21)16(23-18(20)22)13-14-8-10-15(11-9-14)19(2,3)4/h8-11,13H,5-7,12H2,1-4H3/b16-13+. The Morgan fingerprint density at radius 1 is 1.17 bits per heavy atom. The summed E-state index contributed by atoms with van der Waals surface area (Å²) in [6.07, 6.45) is 5.23. The van der Waals surface area contributed by atoms with Gasteiger partial charge in [-0.15, -0.1) is 0 Å². The van der Waals surface area contributed by atoms with Gasteiger partial charge >= 0.3 is 0 Å². The number of unbranched alkanes of at least 4 members (excludes halogenated alkanes) is 2. The molecule has 2 rings (SSSR count). The molecule has 0 unspecified atom stereocenters. The molecule has 1 amide bonds. The highest BCUT2D eigenvalue weighted by Gasteiger charge is 2.31. The van der Waals surface area contributed by atoms with E-state index in [0.717, 1.165) is 36.3 Å². The Labute approximate surface area is 149 Å². The van der Waals surface area contributed by atoms with E-state index in [1.165, 1.54) is 17.3 Å². The van der Waals surface area contributed by atoms with Gasteiger partial charge in [0.1, 0.15) is 4.32 Å². The minimum absolute atomic E-state index is 0.0519. The second-order valence-electron chi connectivity index (χ2n) is 6.91. The molecule has 1 aliphatic heterocycles. The van der Waals surface area contributed by atoms with Gasteiger partial charge in [-0.25, -0.2) is 0 Å². The van der Waals surface area contributed by atoms with E-state index in [9.17, 15) is 4.79 Å². The highest BCUT2D eigenvalue weighted by Crippen LogP contribution is 2.33. The molecular formula is C19H25NOS2. The molecule has 1 fully saturated rings. The summed E-state index contributed by atoms with van der Waals surface area (Å²) in [5.74, 6) is 0.0519. The Kier molecular flexibility index (Phi) is 6.04. The largest absolute Gasteiger partial charge is 0.293 e. The lowest BCUT2D eigenvalue weighted by atomic mass is 9.87. The number of hydrogen-bond donors (Lipinski definition) is 0. The molecular weight excluding hydrogens is 322 g/mol. The monoisotopic (exact) mass is 347 g/mol. The van der Waals surface area contributed by atoms with Crippen molar-refractivity contribution in [3.8, 4) is 0 Å². The van der Waals surface area contributed by atoms with Crippen molar-refractivity contribution in [3.63, 3.8) is 0 Å². The van der Waals surface area contributed by atoms with E-state index in [2.05, 4.69) is 52.0 Å². The van der Waals surface area contributed by atoms with Crippen molar-refractivity contribution in [2.24, 2.45) is 0 Å². The first kappa shape index (κ1) is 18.2. The van der Waals surface area contributed by atoms with Gasteiger partial charge in [-0.3, -0.25) is 9.69 Å². The van der Waals surface area contributed by atoms with Crippen LogP contribution in [0.3, 0.4) is 0 Å². The zero-order valence-electron chi connectivity index (χ0n) is 14.4. The van der Waals surface area contributed by atoms with Gasteiger partial charge in [0.15, 0.2) is 0 Å². The maximum atomic E-state index is 12.5. The van der Waals surface area contributed by atoms with Gasteiger partial charge in [-0.1, -0.05) is 88.8 Å². The predicted octanol–water partition coefficient (Wildman–Crippen LogP) is 5.38. The van der Waals surface area contributed by atoms with Crippen LogP contribution in [0.5, 0.6) is 0 Å². The van der Waals surface area contributed by atoms with Gasteiger partial charge < -0.3 is 0 Å². The molecule has 4 heteroatoms. The number of amides is 1. The molecule has 2 nitrogen and oxygen atoms in total. The van der Waals surface area contributed by atoms with E-state index >= 15 is 0 Å². The molecule has 1 aromatic rings. The number of nitrogens with zero attached hydrogens (tertiary/aromatic N) is 1. The molecule has 0 radical (unpaired) electrons. The summed E-state index contributed by atoms with van der Waals surface area (Å²) >= 11 is 6.77. The highest BCUT2D eigenvalue weighted by atomic mass is 32.2. The van der Waals surface area contributed by atoms with Crippen LogP contribution in [0.25, 0.3) is 6.08 Å². The van der Waals surface area contributed by atoms with Crippen LogP contribution in [0.1, 0.15) is 58.1 Å². The Bertz CT molecular complexity index is 611. The van der Waals surface area contributed by atoms with Crippen LogP contribution in [0.2, 0.25) is 0 Å². The zero-order valence-corrected chi connectivity index (χ0v) is 16.0. The number of thioether (sulfide) groups is 1. The van der Waals surface area contributed by atoms with Gasteiger partial charge in [0, 0.05) is 6.54 Å². The van der Waals surface area contributed by atoms with Gasteiger partial charge in [0.2, 0.25) is 0 Å². The summed E-state index contributed by atoms with van der Waals surface area (Å²) in [7, 11) is 0. The molecule has 0 atom stereocenters. The van der Waals surface area contributed by atoms with Crippen molar-refractivity contribution in [1.29, 1.82) is 0 Å². The summed E-state index contributed by atoms with van der Waals surface area (Å²) < 4.78 is 0.684. The fourth-order valence-corrected chi connectivity index (χ4v) is 3.75. The van der Waals surface area contributed by atoms with Crippen LogP contribution >= 0.6 is 24.0 Å². The summed E-state index contributed by atoms with van der Waals surface area (Å²) in [5, 5.41) is 0. The lowest BCUT2D eigenvalue weighted by molar-refractivity contribution is -0.122. The topological polar surface area (TPSA) is 20.3 Å². The van der Waals surface area contributed by atoms with E-state index in [-0.39, 0.29) is 11.3 Å². The Hall–Kier alpha value is -1.13. The Morgan fingerprint density at radius 3 is 2.39 bits per heavy atom. The minimum atomic E-state index is 0.0519. The summed E-state index contributed by atoms with van der Waals surface area (Å²) in [4.78, 5) is 15.0. The number of rotatable bonds is 5. The van der Waals surface area contributed by atoms with Crippen LogP contribution < -0.4 is 0 Å². The average Bonchev–Trinajstić information content (AvgIpc) is 2.74. The minimum Gasteiger partial charge on any atom is -0.293 e. The molecule has 124 valence electrons. The Balaban J connectivity index is 2.11. The van der Waals surface area contributed by atoms with E-state index in [0.29, 0.717) is 4.32 Å². The molecule has 0 saturated carbocycles. The first-order chi connectivity index (χ1) is 10.8. The van der Waals surface area contributed by atoms with Crippen molar-refractivity contribution in [2.75, 3.05) is 6.54 Å². The maximum Gasteiger partial charge on any atom is 0.266 e. The van der Waals surface area contributed by atoms with Crippen molar-refractivity contribution < 1.29 is 4.79 Å². The predicted molar refractivity (Wildman–Crippen MR) is 105 cm³/mol. The molecule has 23 heavy (non-hydrogen) atoms. The third kappa shape index (κ3) is 4.67. The zero-order chi connectivity index (χ0) is 17.0. The van der Waals surface area contributed by atoms with E-state index < -0.39 is 0 Å². The summed E-state index contributed by atoms with van der Waals surface area (Å²) in [6.45, 7) is 9.49. The maximum absolute atomic E-state index is 12.5. The molecule has 0 bridgehead atoms. The number of carbonyl (C=O) groups is 1. The van der Waals surface area contributed by atoms with Crippen molar-refractivity contribution in [1.82, 2.24) is 4.90 Å². The van der Waals surface area contributed by atoms with Gasteiger partial charge in [-0.2, -0.15) is 0 Å². The lowest BCUT2D eigenvalue weighted by Crippen LogP contribution is -2.28. The first-order valence-corrected chi connectivity index (χ1v) is 9.41. The van der Waals surface area contributed by atoms with Crippen LogP contribution in [0.15, 0.2) is 29.2 Å². The molecule has 1 aliphatic rings. The van der Waals surface area contributed by atoms with Crippen molar-refractivity contribution in [3.05, 3.63) is 40.3 Å². The lowest BCUT2D eigenvalue weighted by Gasteiger charge is -2.18. The molecule has 0 aliphatic carbocycles. The van der Waals surface area contributed by atoms with Crippen LogP contribution in [0, 0.1) is 0 Å². The smallest absolute Gasteiger partial charge is 0.266 e. The number of carbonyl (C=O) groups excluding carboxylic acids is 1. The molecule has 1 heterocycles.